The number of benzene rings is 2. The van der Waals surface area contributed by atoms with Gasteiger partial charge in [-0.1, -0.05) is 36.4 Å². The number of carbonyl (C=O) groups excluding carboxylic acids is 1. The van der Waals surface area contributed by atoms with Gasteiger partial charge < -0.3 is 5.11 Å². The third-order valence-corrected chi connectivity index (χ3v) is 5.14. The molecule has 0 aliphatic heterocycles. The van der Waals surface area contributed by atoms with Crippen LogP contribution in [0.4, 0.5) is 0 Å². The van der Waals surface area contributed by atoms with E-state index < -0.39 is 0 Å². The molecule has 4 heteroatoms. The number of thioether (sulfide) groups is 1. The summed E-state index contributed by atoms with van der Waals surface area (Å²) in [4.78, 5) is 17.5. The molecule has 0 amide bonds. The maximum atomic E-state index is 12.3. The minimum Gasteiger partial charge on any atom is -0.507 e. The van der Waals surface area contributed by atoms with Crippen molar-refractivity contribution in [3.8, 4) is 5.75 Å². The van der Waals surface area contributed by atoms with Crippen LogP contribution in [-0.4, -0.2) is 15.2 Å². The summed E-state index contributed by atoms with van der Waals surface area (Å²) in [5.41, 5.74) is 4.56. The van der Waals surface area contributed by atoms with Gasteiger partial charge in [0, 0.05) is 11.1 Å². The molecule has 3 nitrogen and oxygen atoms in total. The summed E-state index contributed by atoms with van der Waals surface area (Å²) >= 11 is 1.19. The van der Waals surface area contributed by atoms with Crippen LogP contribution in [0.2, 0.25) is 0 Å². The van der Waals surface area contributed by atoms with Crippen molar-refractivity contribution < 1.29 is 9.90 Å². The van der Waals surface area contributed by atoms with Gasteiger partial charge in [-0.05, 0) is 78.9 Å². The molecule has 0 aliphatic carbocycles. The molecule has 0 unspecified atom stereocenters. The van der Waals surface area contributed by atoms with E-state index in [1.807, 2.05) is 62.4 Å². The van der Waals surface area contributed by atoms with Gasteiger partial charge in [-0.25, -0.2) is 0 Å². The zero-order valence-corrected chi connectivity index (χ0v) is 15.7. The normalized spacial score (nSPS) is 10.7. The Hall–Kier alpha value is -2.59. The van der Waals surface area contributed by atoms with E-state index in [0.29, 0.717) is 11.4 Å². The quantitative estimate of drug-likeness (QED) is 0.639. The number of hydrogen-bond acceptors (Lipinski definition) is 4. The van der Waals surface area contributed by atoms with E-state index in [1.165, 1.54) is 17.3 Å². The number of hydrogen-bond donors (Lipinski definition) is 1. The van der Waals surface area contributed by atoms with Crippen molar-refractivity contribution in [3.63, 3.8) is 0 Å². The summed E-state index contributed by atoms with van der Waals surface area (Å²) in [6, 6.07) is 17.4. The highest BCUT2D eigenvalue weighted by Crippen LogP contribution is 2.24. The molecule has 3 rings (SSSR count). The molecule has 1 N–H and O–H groups in total. The van der Waals surface area contributed by atoms with Crippen LogP contribution in [0.15, 0.2) is 65.7 Å². The summed E-state index contributed by atoms with van der Waals surface area (Å²) in [5, 5.41) is 9.81. The Morgan fingerprint density at radius 2 is 1.62 bits per heavy atom. The molecule has 0 atom stereocenters. The van der Waals surface area contributed by atoms with Gasteiger partial charge in [0.15, 0.2) is 0 Å². The van der Waals surface area contributed by atoms with Crippen LogP contribution in [0.5, 0.6) is 5.75 Å². The Balaban J connectivity index is 1.62. The first-order chi connectivity index (χ1) is 12.5. The molecular weight excluding hydrogens is 342 g/mol. The zero-order chi connectivity index (χ0) is 18.5. The largest absolute Gasteiger partial charge is 0.507 e. The fourth-order valence-corrected chi connectivity index (χ4v) is 3.55. The Kier molecular flexibility index (Phi) is 5.74. The van der Waals surface area contributed by atoms with Gasteiger partial charge >= 0.3 is 0 Å². The van der Waals surface area contributed by atoms with Crippen LogP contribution in [0, 0.1) is 13.8 Å². The number of phenolic OH excluding ortho intramolecular Hbond substituents is 1. The molecule has 132 valence electrons. The molecule has 0 fully saturated rings. The van der Waals surface area contributed by atoms with Crippen molar-refractivity contribution in [2.24, 2.45) is 0 Å². The smallest absolute Gasteiger partial charge is 0.242 e. The third kappa shape index (κ3) is 4.52. The minimum atomic E-state index is -0.0486. The monoisotopic (exact) mass is 363 g/mol. The molecular formula is C22H21NO2S. The number of pyridine rings is 1. The van der Waals surface area contributed by atoms with Gasteiger partial charge in [-0.2, -0.15) is 0 Å². The fraction of sp³-hybridized carbons (Fsp3) is 0.182. The summed E-state index contributed by atoms with van der Waals surface area (Å²) in [6.45, 7) is 3.83. The Morgan fingerprint density at radius 3 is 2.23 bits per heavy atom. The predicted molar refractivity (Wildman–Crippen MR) is 106 cm³/mol. The van der Waals surface area contributed by atoms with E-state index >= 15 is 0 Å². The molecule has 0 radical (unpaired) electrons. The van der Waals surface area contributed by atoms with Crippen molar-refractivity contribution >= 4 is 16.9 Å². The van der Waals surface area contributed by atoms with Crippen LogP contribution in [-0.2, 0) is 12.8 Å². The van der Waals surface area contributed by atoms with Crippen LogP contribution >= 0.6 is 11.8 Å². The van der Waals surface area contributed by atoms with Gasteiger partial charge in [0.05, 0.1) is 0 Å². The lowest BCUT2D eigenvalue weighted by Gasteiger charge is -2.08. The Bertz CT molecular complexity index is 882. The maximum absolute atomic E-state index is 12.3. The van der Waals surface area contributed by atoms with E-state index in [-0.39, 0.29) is 5.12 Å². The van der Waals surface area contributed by atoms with Gasteiger partial charge in [-0.3, -0.25) is 9.78 Å². The van der Waals surface area contributed by atoms with Gasteiger partial charge in [0.25, 0.3) is 0 Å². The second-order valence-corrected chi connectivity index (χ2v) is 7.38. The molecule has 0 bridgehead atoms. The highest BCUT2D eigenvalue weighted by atomic mass is 32.2. The highest BCUT2D eigenvalue weighted by Gasteiger charge is 2.10. The van der Waals surface area contributed by atoms with Crippen molar-refractivity contribution in [1.29, 1.82) is 0 Å². The average Bonchev–Trinajstić information content (AvgIpc) is 2.65. The molecule has 1 heterocycles. The molecule has 0 saturated heterocycles. The average molecular weight is 363 g/mol. The molecule has 0 aliphatic rings. The lowest BCUT2D eigenvalue weighted by molar-refractivity contribution is 0.108. The lowest BCUT2D eigenvalue weighted by atomic mass is 10.0. The summed E-state index contributed by atoms with van der Waals surface area (Å²) < 4.78 is 0. The number of carbonyl (C=O) groups is 1. The number of aryl methyl sites for hydroxylation is 4. The van der Waals surface area contributed by atoms with Gasteiger partial charge in [0.2, 0.25) is 5.12 Å². The van der Waals surface area contributed by atoms with Crippen molar-refractivity contribution in [2.45, 2.75) is 31.6 Å². The van der Waals surface area contributed by atoms with E-state index in [0.717, 1.165) is 34.4 Å². The minimum absolute atomic E-state index is 0.0486. The number of nitrogens with zero attached hydrogens (tertiary/aromatic N) is 1. The Labute approximate surface area is 158 Å². The fourth-order valence-electron chi connectivity index (χ4n) is 2.82. The number of aromatic nitrogens is 1. The van der Waals surface area contributed by atoms with E-state index in [1.54, 1.807) is 12.3 Å². The van der Waals surface area contributed by atoms with E-state index in [9.17, 15) is 9.90 Å². The summed E-state index contributed by atoms with van der Waals surface area (Å²) in [5.74, 6) is 0.370. The maximum Gasteiger partial charge on any atom is 0.242 e. The standard InChI is InChI=1S/C22H21NO2S/c1-15-12-18(13-16(2)21(15)24)9-8-17-10-11-20(23-14-17)22(25)26-19-6-4-3-5-7-19/h3-7,10-14,24H,8-9H2,1-2H3. The van der Waals surface area contributed by atoms with E-state index in [4.69, 9.17) is 0 Å². The van der Waals surface area contributed by atoms with Gasteiger partial charge in [-0.15, -0.1) is 0 Å². The first kappa shape index (κ1) is 18.2. The second kappa shape index (κ2) is 8.19. The Morgan fingerprint density at radius 1 is 0.962 bits per heavy atom. The topological polar surface area (TPSA) is 50.2 Å². The van der Waals surface area contributed by atoms with Crippen molar-refractivity contribution in [1.82, 2.24) is 4.98 Å². The van der Waals surface area contributed by atoms with Crippen LogP contribution in [0.3, 0.4) is 0 Å². The lowest BCUT2D eigenvalue weighted by Crippen LogP contribution is -1.99. The van der Waals surface area contributed by atoms with Crippen LogP contribution < -0.4 is 0 Å². The second-order valence-electron chi connectivity index (χ2n) is 6.33. The summed E-state index contributed by atoms with van der Waals surface area (Å²) in [6.07, 6.45) is 3.49. The first-order valence-electron chi connectivity index (χ1n) is 8.54. The summed E-state index contributed by atoms with van der Waals surface area (Å²) in [7, 11) is 0. The van der Waals surface area contributed by atoms with Crippen molar-refractivity contribution in [2.75, 3.05) is 0 Å². The van der Waals surface area contributed by atoms with Crippen molar-refractivity contribution in [3.05, 3.63) is 88.7 Å². The number of aromatic hydroxyl groups is 1. The van der Waals surface area contributed by atoms with E-state index in [2.05, 4.69) is 4.98 Å². The zero-order valence-electron chi connectivity index (χ0n) is 14.9. The van der Waals surface area contributed by atoms with Crippen LogP contribution in [0.25, 0.3) is 0 Å². The predicted octanol–water partition coefficient (Wildman–Crippen LogP) is 5.12. The van der Waals surface area contributed by atoms with Crippen LogP contribution in [0.1, 0.15) is 32.7 Å². The molecule has 0 spiro atoms. The third-order valence-electron chi connectivity index (χ3n) is 4.24. The number of phenols is 1. The molecule has 26 heavy (non-hydrogen) atoms. The molecule has 1 aromatic heterocycles. The highest BCUT2D eigenvalue weighted by molar-refractivity contribution is 8.14. The molecule has 3 aromatic rings. The molecule has 0 saturated carbocycles. The van der Waals surface area contributed by atoms with Gasteiger partial charge in [0.1, 0.15) is 11.4 Å². The first-order valence-corrected chi connectivity index (χ1v) is 9.36. The SMILES string of the molecule is Cc1cc(CCc2ccc(C(=O)Sc3ccccc3)nc2)cc(C)c1O. The number of rotatable bonds is 5. The molecule has 2 aromatic carbocycles.